The molecule has 0 saturated carbocycles. The number of benzene rings is 1. The van der Waals surface area contributed by atoms with Crippen LogP contribution in [0.3, 0.4) is 0 Å². The summed E-state index contributed by atoms with van der Waals surface area (Å²) >= 11 is 0. The lowest BCUT2D eigenvalue weighted by Gasteiger charge is -2.22. The quantitative estimate of drug-likeness (QED) is 0.692. The Morgan fingerprint density at radius 1 is 1.30 bits per heavy atom. The highest BCUT2D eigenvalue weighted by molar-refractivity contribution is 5.73. The number of ether oxygens (including phenoxy) is 2. The highest BCUT2D eigenvalue weighted by Gasteiger charge is 2.20. The van der Waals surface area contributed by atoms with Gasteiger partial charge in [-0.15, -0.1) is 0 Å². The fourth-order valence-electron chi connectivity index (χ4n) is 2.76. The molecule has 0 radical (unpaired) electrons. The first kappa shape index (κ1) is 19.3. The van der Waals surface area contributed by atoms with Crippen molar-refractivity contribution in [2.24, 2.45) is 0 Å². The van der Waals surface area contributed by atoms with Crippen molar-refractivity contribution >= 4 is 5.97 Å². The fraction of sp³-hybridized carbons (Fsp3) is 0.611. The van der Waals surface area contributed by atoms with Crippen LogP contribution < -0.4 is 14.8 Å². The van der Waals surface area contributed by atoms with Crippen molar-refractivity contribution in [2.75, 3.05) is 14.2 Å². The lowest BCUT2D eigenvalue weighted by molar-refractivity contribution is -0.139. The van der Waals surface area contributed by atoms with E-state index in [1.165, 1.54) is 0 Å². The molecule has 2 N–H and O–H groups in total. The molecule has 1 unspecified atom stereocenters. The van der Waals surface area contributed by atoms with Crippen molar-refractivity contribution < 1.29 is 19.4 Å². The Balaban J connectivity index is 2.80. The van der Waals surface area contributed by atoms with Crippen molar-refractivity contribution in [2.45, 2.75) is 58.5 Å². The fourth-order valence-corrected chi connectivity index (χ4v) is 2.76. The Bertz CT molecular complexity index is 516. The van der Waals surface area contributed by atoms with Gasteiger partial charge < -0.3 is 19.9 Å². The number of aliphatic carboxylic acids is 1. The highest BCUT2D eigenvalue weighted by Crippen LogP contribution is 2.33. The predicted molar refractivity (Wildman–Crippen MR) is 91.5 cm³/mol. The number of carboxylic acid groups (broad SMARTS) is 1. The number of hydrogen-bond donors (Lipinski definition) is 2. The molecule has 23 heavy (non-hydrogen) atoms. The smallest absolute Gasteiger partial charge is 0.320 e. The molecule has 0 heterocycles. The molecule has 0 aliphatic carbocycles. The Morgan fingerprint density at radius 2 is 2.00 bits per heavy atom. The van der Waals surface area contributed by atoms with Crippen LogP contribution in [0.25, 0.3) is 0 Å². The number of hydrogen-bond acceptors (Lipinski definition) is 4. The molecular weight excluding hydrogens is 294 g/mol. The second-order valence-corrected chi connectivity index (χ2v) is 5.89. The van der Waals surface area contributed by atoms with Gasteiger partial charge in [-0.3, -0.25) is 4.79 Å². The van der Waals surface area contributed by atoms with Gasteiger partial charge in [0.25, 0.3) is 0 Å². The minimum Gasteiger partial charge on any atom is -0.493 e. The molecule has 0 bridgehead atoms. The van der Waals surface area contributed by atoms with E-state index in [1.54, 1.807) is 14.2 Å². The maximum Gasteiger partial charge on any atom is 0.320 e. The largest absolute Gasteiger partial charge is 0.493 e. The molecule has 0 amide bonds. The summed E-state index contributed by atoms with van der Waals surface area (Å²) in [5.74, 6) is 0.660. The van der Waals surface area contributed by atoms with Crippen LogP contribution in [0.5, 0.6) is 11.5 Å². The molecular formula is C18H29NO4. The van der Waals surface area contributed by atoms with Gasteiger partial charge in [0.15, 0.2) is 11.5 Å². The van der Waals surface area contributed by atoms with E-state index < -0.39 is 12.0 Å². The number of unbranched alkanes of at least 4 members (excludes halogenated alkanes) is 1. The van der Waals surface area contributed by atoms with E-state index in [1.807, 2.05) is 26.0 Å². The monoisotopic (exact) mass is 323 g/mol. The molecule has 2 atom stereocenters. The zero-order chi connectivity index (χ0) is 17.4. The van der Waals surface area contributed by atoms with E-state index in [4.69, 9.17) is 9.47 Å². The van der Waals surface area contributed by atoms with Crippen molar-refractivity contribution in [1.82, 2.24) is 5.32 Å². The first-order chi connectivity index (χ1) is 10.9. The van der Waals surface area contributed by atoms with Crippen LogP contribution in [-0.4, -0.2) is 37.4 Å². The summed E-state index contributed by atoms with van der Waals surface area (Å²) in [5, 5.41) is 12.5. The van der Waals surface area contributed by atoms with Crippen LogP contribution in [0.2, 0.25) is 0 Å². The molecule has 1 aromatic carbocycles. The standard InChI is InChI=1S/C18H29NO4/c1-6-7-8-15(18(20)21)19-12(2)11-14-9-10-16(22-4)17(23-5)13(14)3/h9-10,12,15,19H,6-8,11H2,1-5H3,(H,20,21)/t12?,15-/m0/s1. The van der Waals surface area contributed by atoms with Gasteiger partial charge in [-0.2, -0.15) is 0 Å². The molecule has 0 saturated heterocycles. The third-order valence-electron chi connectivity index (χ3n) is 4.06. The van der Waals surface area contributed by atoms with E-state index in [-0.39, 0.29) is 6.04 Å². The average Bonchev–Trinajstić information content (AvgIpc) is 2.52. The van der Waals surface area contributed by atoms with Crippen molar-refractivity contribution in [1.29, 1.82) is 0 Å². The zero-order valence-electron chi connectivity index (χ0n) is 14.8. The third-order valence-corrected chi connectivity index (χ3v) is 4.06. The molecule has 1 rings (SSSR count). The summed E-state index contributed by atoms with van der Waals surface area (Å²) in [6, 6.07) is 3.46. The van der Waals surface area contributed by atoms with Crippen LogP contribution in [0, 0.1) is 6.92 Å². The topological polar surface area (TPSA) is 67.8 Å². The maximum absolute atomic E-state index is 11.3. The molecule has 1 aromatic rings. The second kappa shape index (κ2) is 9.40. The molecule has 5 nitrogen and oxygen atoms in total. The Kier molecular flexibility index (Phi) is 7.89. The van der Waals surface area contributed by atoms with E-state index in [0.717, 1.165) is 36.1 Å². The third kappa shape index (κ3) is 5.43. The van der Waals surface area contributed by atoms with Crippen LogP contribution in [-0.2, 0) is 11.2 Å². The van der Waals surface area contributed by atoms with Crippen LogP contribution in [0.15, 0.2) is 12.1 Å². The molecule has 0 aromatic heterocycles. The first-order valence-electron chi connectivity index (χ1n) is 8.13. The van der Waals surface area contributed by atoms with E-state index in [0.29, 0.717) is 12.2 Å². The van der Waals surface area contributed by atoms with E-state index in [9.17, 15) is 9.90 Å². The molecule has 0 spiro atoms. The van der Waals surface area contributed by atoms with Crippen LogP contribution >= 0.6 is 0 Å². The number of carbonyl (C=O) groups is 1. The van der Waals surface area contributed by atoms with Gasteiger partial charge >= 0.3 is 5.97 Å². The van der Waals surface area contributed by atoms with Crippen molar-refractivity contribution in [3.05, 3.63) is 23.3 Å². The molecule has 0 fully saturated rings. The minimum atomic E-state index is -0.783. The van der Waals surface area contributed by atoms with Gasteiger partial charge in [0.1, 0.15) is 6.04 Å². The summed E-state index contributed by atoms with van der Waals surface area (Å²) in [6.45, 7) is 6.07. The Labute approximate surface area is 139 Å². The van der Waals surface area contributed by atoms with Gasteiger partial charge in [-0.25, -0.2) is 0 Å². The van der Waals surface area contributed by atoms with E-state index >= 15 is 0 Å². The van der Waals surface area contributed by atoms with Crippen molar-refractivity contribution in [3.8, 4) is 11.5 Å². The summed E-state index contributed by atoms with van der Waals surface area (Å²) in [7, 11) is 3.24. The second-order valence-electron chi connectivity index (χ2n) is 5.89. The van der Waals surface area contributed by atoms with Crippen LogP contribution in [0.1, 0.15) is 44.2 Å². The first-order valence-corrected chi connectivity index (χ1v) is 8.13. The lowest BCUT2D eigenvalue weighted by atomic mass is 9.99. The minimum absolute atomic E-state index is 0.0600. The van der Waals surface area contributed by atoms with Gasteiger partial charge in [0.05, 0.1) is 14.2 Å². The molecule has 5 heteroatoms. The predicted octanol–water partition coefficient (Wildman–Crippen LogP) is 3.18. The van der Waals surface area contributed by atoms with Gasteiger partial charge in [-0.05, 0) is 43.9 Å². The van der Waals surface area contributed by atoms with Crippen LogP contribution in [0.4, 0.5) is 0 Å². The SMILES string of the molecule is CCCC[C@H](NC(C)Cc1ccc(OC)c(OC)c1C)C(=O)O. The summed E-state index contributed by atoms with van der Waals surface area (Å²) in [4.78, 5) is 11.3. The van der Waals surface area contributed by atoms with Gasteiger partial charge in [0.2, 0.25) is 0 Å². The highest BCUT2D eigenvalue weighted by atomic mass is 16.5. The lowest BCUT2D eigenvalue weighted by Crippen LogP contribution is -2.43. The van der Waals surface area contributed by atoms with Crippen molar-refractivity contribution in [3.63, 3.8) is 0 Å². The maximum atomic E-state index is 11.3. The molecule has 0 aliphatic rings. The number of carboxylic acids is 1. The zero-order valence-corrected chi connectivity index (χ0v) is 14.8. The average molecular weight is 323 g/mol. The van der Waals surface area contributed by atoms with Gasteiger partial charge in [-0.1, -0.05) is 25.8 Å². The number of methoxy groups -OCH3 is 2. The molecule has 0 aliphatic heterocycles. The Hall–Kier alpha value is -1.75. The van der Waals surface area contributed by atoms with E-state index in [2.05, 4.69) is 12.2 Å². The van der Waals surface area contributed by atoms with Gasteiger partial charge in [0, 0.05) is 6.04 Å². The summed E-state index contributed by atoms with van der Waals surface area (Å²) in [5.41, 5.74) is 2.16. The summed E-state index contributed by atoms with van der Waals surface area (Å²) in [6.07, 6.45) is 3.30. The number of nitrogens with one attached hydrogen (secondary N) is 1. The number of rotatable bonds is 10. The Morgan fingerprint density at radius 3 is 2.52 bits per heavy atom. The normalized spacial score (nSPS) is 13.4. The summed E-state index contributed by atoms with van der Waals surface area (Å²) < 4.78 is 10.7. The molecule has 130 valence electrons.